The lowest BCUT2D eigenvalue weighted by atomic mass is 10.1. The Morgan fingerprint density at radius 3 is 1.56 bits per heavy atom. The van der Waals surface area contributed by atoms with Gasteiger partial charge in [-0.25, -0.2) is 0 Å². The number of halogens is 3. The van der Waals surface area contributed by atoms with E-state index in [0.29, 0.717) is 0 Å². The fraction of sp³-hybridized carbons (Fsp3) is 0.600. The van der Waals surface area contributed by atoms with E-state index in [1.807, 2.05) is 6.92 Å². The second kappa shape index (κ2) is 9.01. The van der Waals surface area contributed by atoms with Crippen molar-refractivity contribution < 1.29 is 13.2 Å². The van der Waals surface area contributed by atoms with Gasteiger partial charge in [-0.1, -0.05) is 58.6 Å². The lowest BCUT2D eigenvalue weighted by molar-refractivity contribution is -0.137. The van der Waals surface area contributed by atoms with E-state index in [2.05, 4.69) is 13.8 Å². The highest BCUT2D eigenvalue weighted by atomic mass is 19.4. The zero-order valence-electron chi connectivity index (χ0n) is 11.5. The van der Waals surface area contributed by atoms with Crippen molar-refractivity contribution in [3.05, 3.63) is 35.4 Å². The Hall–Kier alpha value is -0.990. The first-order valence-electron chi connectivity index (χ1n) is 6.61. The van der Waals surface area contributed by atoms with Crippen LogP contribution < -0.4 is 0 Å². The van der Waals surface area contributed by atoms with Crippen LogP contribution in [0.4, 0.5) is 13.2 Å². The third-order valence-corrected chi connectivity index (χ3v) is 2.65. The zero-order valence-corrected chi connectivity index (χ0v) is 11.5. The summed E-state index contributed by atoms with van der Waals surface area (Å²) in [5.41, 5.74) is 0.336. The Labute approximate surface area is 108 Å². The van der Waals surface area contributed by atoms with Crippen molar-refractivity contribution in [2.45, 2.75) is 59.1 Å². The average molecular weight is 260 g/mol. The van der Waals surface area contributed by atoms with Crippen LogP contribution in [0.3, 0.4) is 0 Å². The second-order valence-corrected chi connectivity index (χ2v) is 4.26. The molecule has 18 heavy (non-hydrogen) atoms. The molecule has 0 amide bonds. The van der Waals surface area contributed by atoms with Crippen LogP contribution in [-0.2, 0) is 12.6 Å². The van der Waals surface area contributed by atoms with Crippen LogP contribution in [0.2, 0.25) is 0 Å². The van der Waals surface area contributed by atoms with Gasteiger partial charge >= 0.3 is 6.18 Å². The van der Waals surface area contributed by atoms with Gasteiger partial charge < -0.3 is 0 Å². The van der Waals surface area contributed by atoms with Gasteiger partial charge in [-0.05, 0) is 24.1 Å². The number of aryl methyl sites for hydroxylation is 1. The van der Waals surface area contributed by atoms with Crippen molar-refractivity contribution in [3.8, 4) is 0 Å². The molecule has 0 unspecified atom stereocenters. The number of benzene rings is 1. The van der Waals surface area contributed by atoms with E-state index in [0.717, 1.165) is 24.1 Å². The number of unbranched alkanes of at least 4 members (excludes halogenated alkanes) is 3. The summed E-state index contributed by atoms with van der Waals surface area (Å²) in [5, 5.41) is 0. The number of rotatable bonds is 4. The molecule has 0 fully saturated rings. The second-order valence-electron chi connectivity index (χ2n) is 4.26. The molecule has 1 rings (SSSR count). The molecule has 1 aromatic rings. The first kappa shape index (κ1) is 17.0. The van der Waals surface area contributed by atoms with Gasteiger partial charge in [0.05, 0.1) is 5.56 Å². The summed E-state index contributed by atoms with van der Waals surface area (Å²) in [4.78, 5) is 0. The molecule has 0 N–H and O–H groups in total. The van der Waals surface area contributed by atoms with Gasteiger partial charge in [-0.3, -0.25) is 0 Å². The Morgan fingerprint density at radius 2 is 1.28 bits per heavy atom. The van der Waals surface area contributed by atoms with E-state index < -0.39 is 11.7 Å². The number of hydrogen-bond acceptors (Lipinski definition) is 0. The van der Waals surface area contributed by atoms with E-state index in [1.54, 1.807) is 0 Å². The molecule has 0 heterocycles. The van der Waals surface area contributed by atoms with Gasteiger partial charge in [0.1, 0.15) is 0 Å². The molecule has 0 aliphatic heterocycles. The first-order chi connectivity index (χ1) is 8.45. The number of alkyl halides is 3. The van der Waals surface area contributed by atoms with Crippen molar-refractivity contribution in [1.29, 1.82) is 0 Å². The van der Waals surface area contributed by atoms with Gasteiger partial charge in [0.15, 0.2) is 0 Å². The molecule has 1 aromatic carbocycles. The Balaban J connectivity index is 0.000000411. The molecule has 104 valence electrons. The Bertz CT molecular complexity index is 295. The molecular weight excluding hydrogens is 237 g/mol. The van der Waals surface area contributed by atoms with E-state index in [-0.39, 0.29) is 0 Å². The minimum Gasteiger partial charge on any atom is -0.166 e. The highest BCUT2D eigenvalue weighted by molar-refractivity contribution is 5.24. The zero-order chi connectivity index (χ0) is 14.0. The highest BCUT2D eigenvalue weighted by Crippen LogP contribution is 2.28. The Kier molecular flexibility index (Phi) is 8.51. The monoisotopic (exact) mass is 260 g/mol. The SMILES string of the molecule is CCCCCC.CCc1ccc(C(F)(F)F)cc1. The van der Waals surface area contributed by atoms with E-state index >= 15 is 0 Å². The van der Waals surface area contributed by atoms with E-state index in [9.17, 15) is 13.2 Å². The van der Waals surface area contributed by atoms with Crippen LogP contribution in [0.15, 0.2) is 24.3 Å². The summed E-state index contributed by atoms with van der Waals surface area (Å²) in [6.45, 7) is 6.37. The highest BCUT2D eigenvalue weighted by Gasteiger charge is 2.29. The van der Waals surface area contributed by atoms with E-state index in [4.69, 9.17) is 0 Å². The van der Waals surface area contributed by atoms with Crippen LogP contribution in [0, 0.1) is 0 Å². The van der Waals surface area contributed by atoms with Crippen LogP contribution in [0.25, 0.3) is 0 Å². The normalized spacial score (nSPS) is 10.8. The van der Waals surface area contributed by atoms with Gasteiger partial charge in [-0.2, -0.15) is 13.2 Å². The van der Waals surface area contributed by atoms with Crippen molar-refractivity contribution in [2.75, 3.05) is 0 Å². The standard InChI is InChI=1S/C9H9F3.C6H14/c1-2-7-3-5-8(6-4-7)9(10,11)12;1-3-5-6-4-2/h3-6H,2H2,1H3;3-6H2,1-2H3. The van der Waals surface area contributed by atoms with Gasteiger partial charge in [0.2, 0.25) is 0 Å². The molecule has 0 spiro atoms. The molecule has 3 heteroatoms. The third kappa shape index (κ3) is 7.36. The molecular formula is C15H23F3. The smallest absolute Gasteiger partial charge is 0.166 e. The average Bonchev–Trinajstić information content (AvgIpc) is 2.36. The summed E-state index contributed by atoms with van der Waals surface area (Å²) >= 11 is 0. The topological polar surface area (TPSA) is 0 Å². The summed E-state index contributed by atoms with van der Waals surface area (Å²) in [5.74, 6) is 0. The maximum Gasteiger partial charge on any atom is 0.416 e. The van der Waals surface area contributed by atoms with Crippen LogP contribution in [-0.4, -0.2) is 0 Å². The minimum atomic E-state index is -4.22. The molecule has 0 saturated carbocycles. The quantitative estimate of drug-likeness (QED) is 0.595. The minimum absolute atomic E-state index is 0.584. The first-order valence-corrected chi connectivity index (χ1v) is 6.61. The summed E-state index contributed by atoms with van der Waals surface area (Å²) in [6, 6.07) is 5.23. The molecule has 0 bridgehead atoms. The molecule has 0 atom stereocenters. The summed E-state index contributed by atoms with van der Waals surface area (Å²) in [6.07, 6.45) is 2.08. The lowest BCUT2D eigenvalue weighted by Gasteiger charge is -2.06. The molecule has 0 aliphatic rings. The maximum atomic E-state index is 12.0. The fourth-order valence-electron chi connectivity index (χ4n) is 1.43. The van der Waals surface area contributed by atoms with Gasteiger partial charge in [0, 0.05) is 0 Å². The fourth-order valence-corrected chi connectivity index (χ4v) is 1.43. The molecule has 0 saturated heterocycles. The van der Waals surface area contributed by atoms with E-state index in [1.165, 1.54) is 37.8 Å². The molecule has 0 nitrogen and oxygen atoms in total. The van der Waals surface area contributed by atoms with Gasteiger partial charge in [-0.15, -0.1) is 0 Å². The Morgan fingerprint density at radius 1 is 0.833 bits per heavy atom. The summed E-state index contributed by atoms with van der Waals surface area (Å²) in [7, 11) is 0. The maximum absolute atomic E-state index is 12.0. The van der Waals surface area contributed by atoms with Crippen LogP contribution in [0.1, 0.15) is 57.6 Å². The van der Waals surface area contributed by atoms with Crippen LogP contribution >= 0.6 is 0 Å². The summed E-state index contributed by atoms with van der Waals surface area (Å²) < 4.78 is 36.1. The van der Waals surface area contributed by atoms with Crippen LogP contribution in [0.5, 0.6) is 0 Å². The molecule has 0 aromatic heterocycles. The van der Waals surface area contributed by atoms with Crippen molar-refractivity contribution in [1.82, 2.24) is 0 Å². The third-order valence-electron chi connectivity index (χ3n) is 2.65. The van der Waals surface area contributed by atoms with Gasteiger partial charge in [0.25, 0.3) is 0 Å². The predicted octanol–water partition coefficient (Wildman–Crippen LogP) is 5.85. The lowest BCUT2D eigenvalue weighted by Crippen LogP contribution is -2.04. The van der Waals surface area contributed by atoms with Crippen molar-refractivity contribution in [2.24, 2.45) is 0 Å². The largest absolute Gasteiger partial charge is 0.416 e. The molecule has 0 radical (unpaired) electrons. The van der Waals surface area contributed by atoms with Crippen molar-refractivity contribution >= 4 is 0 Å². The number of hydrogen-bond donors (Lipinski definition) is 0. The van der Waals surface area contributed by atoms with Crippen molar-refractivity contribution in [3.63, 3.8) is 0 Å². The predicted molar refractivity (Wildman–Crippen MR) is 70.6 cm³/mol. The molecule has 0 aliphatic carbocycles.